The molecule has 0 heterocycles. The Morgan fingerprint density at radius 1 is 1.00 bits per heavy atom. The third-order valence-electron chi connectivity index (χ3n) is 3.07. The van der Waals surface area contributed by atoms with Gasteiger partial charge in [0.2, 0.25) is 10.0 Å². The highest BCUT2D eigenvalue weighted by molar-refractivity contribution is 7.89. The summed E-state index contributed by atoms with van der Waals surface area (Å²) in [4.78, 5) is 12.2. The molecule has 8 nitrogen and oxygen atoms in total. The van der Waals surface area contributed by atoms with Crippen molar-refractivity contribution in [2.24, 2.45) is 0 Å². The average Bonchev–Trinajstić information content (AvgIpc) is 2.55. The summed E-state index contributed by atoms with van der Waals surface area (Å²) < 4.78 is 63.2. The summed E-state index contributed by atoms with van der Waals surface area (Å²) in [6.07, 6.45) is 0. The van der Waals surface area contributed by atoms with Gasteiger partial charge in [0.15, 0.2) is 0 Å². The second-order valence-corrected chi connectivity index (χ2v) is 7.70. The molecule has 26 heavy (non-hydrogen) atoms. The van der Waals surface area contributed by atoms with Gasteiger partial charge in [0.25, 0.3) is 5.91 Å². The summed E-state index contributed by atoms with van der Waals surface area (Å²) >= 11 is 0. The van der Waals surface area contributed by atoms with E-state index in [0.29, 0.717) is 5.69 Å². The topological polar surface area (TPSA) is 119 Å². The molecule has 0 bridgehead atoms. The number of hydrogen-bond donors (Lipinski definition) is 2. The Labute approximate surface area is 150 Å². The lowest BCUT2D eigenvalue weighted by atomic mass is 10.2. The van der Waals surface area contributed by atoms with Gasteiger partial charge in [-0.3, -0.25) is 4.79 Å². The van der Waals surface area contributed by atoms with Gasteiger partial charge in [-0.15, -0.1) is 0 Å². The Bertz CT molecular complexity index is 987. The average molecular weight is 402 g/mol. The first kappa shape index (κ1) is 19.8. The maximum atomic E-state index is 12.4. The van der Waals surface area contributed by atoms with Crippen LogP contribution in [-0.4, -0.2) is 29.3 Å². The van der Waals surface area contributed by atoms with Crippen LogP contribution in [0.15, 0.2) is 53.4 Å². The molecule has 0 saturated carbocycles. The summed E-state index contributed by atoms with van der Waals surface area (Å²) in [5.41, 5.74) is 0.523. The molecule has 0 saturated heterocycles. The van der Waals surface area contributed by atoms with Crippen LogP contribution in [0, 0.1) is 0 Å². The number of sulfonamides is 1. The molecule has 0 aliphatic rings. The van der Waals surface area contributed by atoms with Crippen LogP contribution in [0.4, 0.5) is 9.57 Å². The monoisotopic (exact) mass is 402 g/mol. The van der Waals surface area contributed by atoms with Gasteiger partial charge in [-0.25, -0.2) is 13.1 Å². The zero-order valence-electron chi connectivity index (χ0n) is 13.5. The summed E-state index contributed by atoms with van der Waals surface area (Å²) in [5.74, 6) is -0.757. The fraction of sp³-hybridized carbons (Fsp3) is 0.133. The molecular formula is C15H15FN2O6S2. The molecule has 2 aromatic carbocycles. The molecule has 0 radical (unpaired) electrons. The number of amides is 1. The van der Waals surface area contributed by atoms with Crippen molar-refractivity contribution in [3.8, 4) is 5.75 Å². The Morgan fingerprint density at radius 3 is 2.08 bits per heavy atom. The third kappa shape index (κ3) is 5.51. The second-order valence-electron chi connectivity index (χ2n) is 4.98. The highest BCUT2D eigenvalue weighted by Crippen LogP contribution is 2.19. The number of halogens is 1. The van der Waals surface area contributed by atoms with Crippen molar-refractivity contribution in [2.45, 2.75) is 11.8 Å². The Kier molecular flexibility index (Phi) is 5.95. The number of rotatable bonds is 7. The van der Waals surface area contributed by atoms with Crippen molar-refractivity contribution in [2.75, 3.05) is 11.9 Å². The largest absolute Gasteiger partial charge is 0.488 e. The molecule has 2 N–H and O–H groups in total. The minimum atomic E-state index is -5.12. The van der Waals surface area contributed by atoms with E-state index >= 15 is 0 Å². The molecule has 11 heteroatoms. The first-order chi connectivity index (χ1) is 12.1. The minimum absolute atomic E-state index is 0.0323. The molecule has 140 valence electrons. The molecule has 0 fully saturated rings. The van der Waals surface area contributed by atoms with Crippen LogP contribution in [-0.2, 0) is 20.5 Å². The van der Waals surface area contributed by atoms with Gasteiger partial charge in [0.05, 0.1) is 4.90 Å². The van der Waals surface area contributed by atoms with Crippen LogP contribution < -0.4 is 14.2 Å². The number of hydrogen-bond acceptors (Lipinski definition) is 6. The number of carbonyl (C=O) groups excluding carboxylic acids is 1. The van der Waals surface area contributed by atoms with Gasteiger partial charge in [0.1, 0.15) is 5.75 Å². The summed E-state index contributed by atoms with van der Waals surface area (Å²) in [6.45, 7) is 1.90. The number of nitrogens with one attached hydrogen (secondary N) is 2. The molecule has 0 aromatic heterocycles. The fourth-order valence-electron chi connectivity index (χ4n) is 1.97. The molecule has 0 atom stereocenters. The van der Waals surface area contributed by atoms with Gasteiger partial charge in [0, 0.05) is 17.8 Å². The van der Waals surface area contributed by atoms with Crippen molar-refractivity contribution in [1.82, 2.24) is 4.72 Å². The van der Waals surface area contributed by atoms with Gasteiger partial charge in [-0.1, -0.05) is 10.8 Å². The van der Waals surface area contributed by atoms with E-state index in [4.69, 9.17) is 0 Å². The lowest BCUT2D eigenvalue weighted by Crippen LogP contribution is -2.23. The maximum Gasteiger partial charge on any atom is 0.488 e. The zero-order valence-corrected chi connectivity index (χ0v) is 15.1. The second kappa shape index (κ2) is 7.81. The first-order valence-electron chi connectivity index (χ1n) is 7.26. The number of carbonyl (C=O) groups is 1. The lowest BCUT2D eigenvalue weighted by molar-refractivity contribution is 0.102. The molecule has 0 spiro atoms. The van der Waals surface area contributed by atoms with Gasteiger partial charge in [-0.2, -0.15) is 8.42 Å². The molecule has 0 aliphatic carbocycles. The van der Waals surface area contributed by atoms with E-state index in [1.54, 1.807) is 6.92 Å². The first-order valence-corrected chi connectivity index (χ1v) is 10.0. The maximum absolute atomic E-state index is 12.4. The Balaban J connectivity index is 2.08. The summed E-state index contributed by atoms with van der Waals surface area (Å²) in [6, 6.07) is 10.3. The normalized spacial score (nSPS) is 11.8. The van der Waals surface area contributed by atoms with Crippen molar-refractivity contribution in [1.29, 1.82) is 0 Å². The van der Waals surface area contributed by atoms with Crippen LogP contribution >= 0.6 is 0 Å². The predicted molar refractivity (Wildman–Crippen MR) is 92.4 cm³/mol. The third-order valence-corrected chi connectivity index (χ3v) is 5.02. The predicted octanol–water partition coefficient (Wildman–Crippen LogP) is 1.83. The van der Waals surface area contributed by atoms with Crippen molar-refractivity contribution < 1.29 is 29.7 Å². The number of benzene rings is 2. The van der Waals surface area contributed by atoms with Crippen LogP contribution in [0.3, 0.4) is 0 Å². The van der Waals surface area contributed by atoms with Crippen molar-refractivity contribution in [3.05, 3.63) is 54.1 Å². The van der Waals surface area contributed by atoms with Crippen LogP contribution in [0.5, 0.6) is 5.75 Å². The Morgan fingerprint density at radius 2 is 1.58 bits per heavy atom. The molecule has 0 aliphatic heterocycles. The molecule has 0 unspecified atom stereocenters. The van der Waals surface area contributed by atoms with E-state index in [9.17, 15) is 25.5 Å². The van der Waals surface area contributed by atoms with E-state index in [-0.39, 0.29) is 22.8 Å². The minimum Gasteiger partial charge on any atom is -0.358 e. The van der Waals surface area contributed by atoms with Gasteiger partial charge >= 0.3 is 10.5 Å². The Hall–Kier alpha value is -2.50. The van der Waals surface area contributed by atoms with E-state index in [1.807, 2.05) is 0 Å². The van der Waals surface area contributed by atoms with Crippen molar-refractivity contribution in [3.63, 3.8) is 0 Å². The molecular weight excluding hydrogens is 387 g/mol. The lowest BCUT2D eigenvalue weighted by Gasteiger charge is -2.08. The molecule has 1 amide bonds. The molecule has 2 rings (SSSR count). The van der Waals surface area contributed by atoms with Crippen molar-refractivity contribution >= 4 is 32.1 Å². The summed E-state index contributed by atoms with van der Waals surface area (Å²) in [5, 5.41) is 2.53. The van der Waals surface area contributed by atoms with E-state index in [0.717, 1.165) is 0 Å². The standard InChI is InChI=1S/C15H15FN2O6S2/c1-2-17-25(20,21)14-9-3-11(4-10-14)15(19)18-12-5-7-13(8-6-12)24-26(16,22)23/h3-10,17H,2H2,1H3,(H,18,19). The van der Waals surface area contributed by atoms with E-state index in [1.165, 1.54) is 48.5 Å². The SMILES string of the molecule is CCNS(=O)(=O)c1ccc(C(=O)Nc2ccc(OS(=O)(=O)F)cc2)cc1. The molecule has 2 aromatic rings. The van der Waals surface area contributed by atoms with Gasteiger partial charge < -0.3 is 9.50 Å². The van der Waals surface area contributed by atoms with E-state index in [2.05, 4.69) is 14.2 Å². The quantitative estimate of drug-likeness (QED) is 0.682. The highest BCUT2D eigenvalue weighted by Gasteiger charge is 2.14. The smallest absolute Gasteiger partial charge is 0.358 e. The number of anilines is 1. The highest BCUT2D eigenvalue weighted by atomic mass is 32.3. The van der Waals surface area contributed by atoms with E-state index < -0.39 is 26.4 Å². The van der Waals surface area contributed by atoms with Crippen LogP contribution in [0.25, 0.3) is 0 Å². The fourth-order valence-corrected chi connectivity index (χ4v) is 3.35. The zero-order chi connectivity index (χ0) is 19.4. The summed E-state index contributed by atoms with van der Waals surface area (Å²) in [7, 11) is -8.72. The van der Waals surface area contributed by atoms with Crippen LogP contribution in [0.2, 0.25) is 0 Å². The van der Waals surface area contributed by atoms with Gasteiger partial charge in [-0.05, 0) is 48.5 Å². The van der Waals surface area contributed by atoms with Crippen LogP contribution in [0.1, 0.15) is 17.3 Å².